The molecule has 1 heterocycles. The molecule has 0 bridgehead atoms. The van der Waals surface area contributed by atoms with E-state index in [4.69, 9.17) is 4.74 Å². The number of likely N-dealkylation sites (tertiary alicyclic amines) is 1. The fourth-order valence-corrected chi connectivity index (χ4v) is 2.18. The molecule has 0 aromatic heterocycles. The number of ether oxygens (including phenoxy) is 1. The lowest BCUT2D eigenvalue weighted by Crippen LogP contribution is -2.50. The van der Waals surface area contributed by atoms with Gasteiger partial charge in [0.25, 0.3) is 0 Å². The molecule has 1 rings (SSSR count). The first kappa shape index (κ1) is 13.9. The van der Waals surface area contributed by atoms with Crippen molar-refractivity contribution in [1.82, 2.24) is 10.2 Å². The first-order valence-electron chi connectivity index (χ1n) is 6.56. The van der Waals surface area contributed by atoms with E-state index >= 15 is 0 Å². The van der Waals surface area contributed by atoms with Crippen LogP contribution in [0.3, 0.4) is 0 Å². The van der Waals surface area contributed by atoms with Gasteiger partial charge >= 0.3 is 0 Å². The Balaban J connectivity index is 2.21. The van der Waals surface area contributed by atoms with Gasteiger partial charge in [-0.25, -0.2) is 0 Å². The summed E-state index contributed by atoms with van der Waals surface area (Å²) in [6.07, 6.45) is 3.73. The Morgan fingerprint density at radius 3 is 2.44 bits per heavy atom. The number of nitrogens with one attached hydrogen (secondary N) is 1. The second kappa shape index (κ2) is 6.58. The minimum Gasteiger partial charge on any atom is -0.383 e. The van der Waals surface area contributed by atoms with Crippen LogP contribution in [-0.4, -0.2) is 49.8 Å². The molecular weight excluding hydrogens is 200 g/mol. The van der Waals surface area contributed by atoms with E-state index < -0.39 is 0 Å². The summed E-state index contributed by atoms with van der Waals surface area (Å²) in [5.74, 6) is 0. The molecule has 0 aromatic carbocycles. The summed E-state index contributed by atoms with van der Waals surface area (Å²) in [5, 5.41) is 3.76. The summed E-state index contributed by atoms with van der Waals surface area (Å²) < 4.78 is 5.11. The normalized spacial score (nSPS) is 20.2. The Morgan fingerprint density at radius 1 is 1.31 bits per heavy atom. The van der Waals surface area contributed by atoms with Gasteiger partial charge in [-0.05, 0) is 46.2 Å². The third kappa shape index (κ3) is 4.81. The van der Waals surface area contributed by atoms with Gasteiger partial charge in [-0.2, -0.15) is 0 Å². The Morgan fingerprint density at radius 2 is 1.94 bits per heavy atom. The molecule has 1 aliphatic rings. The van der Waals surface area contributed by atoms with Gasteiger partial charge in [-0.3, -0.25) is 0 Å². The van der Waals surface area contributed by atoms with Gasteiger partial charge in [-0.1, -0.05) is 6.92 Å². The van der Waals surface area contributed by atoms with Gasteiger partial charge < -0.3 is 15.0 Å². The maximum atomic E-state index is 5.11. The van der Waals surface area contributed by atoms with Crippen LogP contribution in [0.25, 0.3) is 0 Å². The van der Waals surface area contributed by atoms with E-state index in [1.54, 1.807) is 7.11 Å². The summed E-state index contributed by atoms with van der Waals surface area (Å²) in [4.78, 5) is 2.50. The minimum atomic E-state index is 0.291. The highest BCUT2D eigenvalue weighted by Gasteiger charge is 2.24. The van der Waals surface area contributed by atoms with Crippen molar-refractivity contribution in [2.24, 2.45) is 0 Å². The number of hydrogen-bond donors (Lipinski definition) is 1. The predicted molar refractivity (Wildman–Crippen MR) is 68.8 cm³/mol. The number of piperidine rings is 1. The maximum absolute atomic E-state index is 5.11. The lowest BCUT2D eigenvalue weighted by molar-refractivity contribution is 0.120. The van der Waals surface area contributed by atoms with Gasteiger partial charge in [0.15, 0.2) is 0 Å². The highest BCUT2D eigenvalue weighted by molar-refractivity contribution is 4.84. The number of rotatable bonds is 6. The third-order valence-corrected chi connectivity index (χ3v) is 3.68. The smallest absolute Gasteiger partial charge is 0.0589 e. The largest absolute Gasteiger partial charge is 0.383 e. The third-order valence-electron chi connectivity index (χ3n) is 3.68. The molecule has 0 radical (unpaired) electrons. The average Bonchev–Trinajstić information content (AvgIpc) is 2.28. The maximum Gasteiger partial charge on any atom is 0.0589 e. The zero-order valence-corrected chi connectivity index (χ0v) is 11.4. The van der Waals surface area contributed by atoms with Crippen LogP contribution in [-0.2, 0) is 4.74 Å². The average molecular weight is 228 g/mol. The van der Waals surface area contributed by atoms with Crippen LogP contribution in [0.4, 0.5) is 0 Å². The Labute approximate surface area is 101 Å². The Kier molecular flexibility index (Phi) is 5.73. The molecule has 1 saturated heterocycles. The molecule has 0 spiro atoms. The molecule has 0 unspecified atom stereocenters. The van der Waals surface area contributed by atoms with E-state index in [0.29, 0.717) is 11.6 Å². The lowest BCUT2D eigenvalue weighted by Gasteiger charge is -2.37. The summed E-state index contributed by atoms with van der Waals surface area (Å²) in [6.45, 7) is 11.2. The fraction of sp³-hybridized carbons (Fsp3) is 1.00. The van der Waals surface area contributed by atoms with Crippen molar-refractivity contribution >= 4 is 0 Å². The van der Waals surface area contributed by atoms with E-state index in [9.17, 15) is 0 Å². The molecule has 1 fully saturated rings. The number of methoxy groups -OCH3 is 1. The molecule has 1 N–H and O–H groups in total. The Bertz CT molecular complexity index is 186. The molecule has 1 aliphatic heterocycles. The molecule has 96 valence electrons. The van der Waals surface area contributed by atoms with Crippen molar-refractivity contribution in [1.29, 1.82) is 0 Å². The molecule has 0 amide bonds. The molecular formula is C13H28N2O. The monoisotopic (exact) mass is 228 g/mol. The second-order valence-electron chi connectivity index (χ2n) is 5.49. The van der Waals surface area contributed by atoms with Crippen LogP contribution in [0, 0.1) is 0 Å². The molecule has 16 heavy (non-hydrogen) atoms. The quantitative estimate of drug-likeness (QED) is 0.751. The van der Waals surface area contributed by atoms with Gasteiger partial charge in [0.2, 0.25) is 0 Å². The van der Waals surface area contributed by atoms with Crippen LogP contribution in [0.15, 0.2) is 0 Å². The van der Waals surface area contributed by atoms with Crippen molar-refractivity contribution in [3.05, 3.63) is 0 Å². The molecule has 0 atom stereocenters. The summed E-state index contributed by atoms with van der Waals surface area (Å²) in [6, 6.07) is 0.703. The molecule has 0 aromatic rings. The number of hydrogen-bond acceptors (Lipinski definition) is 3. The molecule has 0 saturated carbocycles. The van der Waals surface area contributed by atoms with Gasteiger partial charge in [-0.15, -0.1) is 0 Å². The lowest BCUT2D eigenvalue weighted by atomic mass is 9.96. The molecule has 3 nitrogen and oxygen atoms in total. The standard InChI is InChI=1S/C13H28N2O/c1-5-13(2,3)14-12-6-8-15(9-7-12)10-11-16-4/h12,14H,5-11H2,1-4H3. The highest BCUT2D eigenvalue weighted by atomic mass is 16.5. The SMILES string of the molecule is CCC(C)(C)NC1CCN(CCOC)CC1. The van der Waals surface area contributed by atoms with Crippen molar-refractivity contribution < 1.29 is 4.74 Å². The van der Waals surface area contributed by atoms with Crippen LogP contribution in [0.5, 0.6) is 0 Å². The van der Waals surface area contributed by atoms with Crippen molar-refractivity contribution in [3.8, 4) is 0 Å². The summed E-state index contributed by atoms with van der Waals surface area (Å²) >= 11 is 0. The van der Waals surface area contributed by atoms with Gasteiger partial charge in [0.1, 0.15) is 0 Å². The van der Waals surface area contributed by atoms with Gasteiger partial charge in [0.05, 0.1) is 6.61 Å². The van der Waals surface area contributed by atoms with Crippen molar-refractivity contribution in [2.75, 3.05) is 33.4 Å². The zero-order valence-electron chi connectivity index (χ0n) is 11.4. The van der Waals surface area contributed by atoms with E-state index in [0.717, 1.165) is 13.2 Å². The fourth-order valence-electron chi connectivity index (χ4n) is 2.18. The van der Waals surface area contributed by atoms with E-state index in [-0.39, 0.29) is 0 Å². The van der Waals surface area contributed by atoms with Crippen molar-refractivity contribution in [2.45, 2.75) is 51.6 Å². The second-order valence-corrected chi connectivity index (χ2v) is 5.49. The van der Waals surface area contributed by atoms with E-state index in [1.807, 2.05) is 0 Å². The first-order valence-corrected chi connectivity index (χ1v) is 6.56. The van der Waals surface area contributed by atoms with Gasteiger partial charge in [0, 0.05) is 25.2 Å². The van der Waals surface area contributed by atoms with Crippen LogP contribution in [0.2, 0.25) is 0 Å². The molecule has 3 heteroatoms. The van der Waals surface area contributed by atoms with Crippen LogP contribution < -0.4 is 5.32 Å². The Hall–Kier alpha value is -0.120. The zero-order chi connectivity index (χ0) is 12.0. The summed E-state index contributed by atoms with van der Waals surface area (Å²) in [5.41, 5.74) is 0.291. The first-order chi connectivity index (χ1) is 7.57. The van der Waals surface area contributed by atoms with E-state index in [2.05, 4.69) is 31.0 Å². The highest BCUT2D eigenvalue weighted by Crippen LogP contribution is 2.15. The van der Waals surface area contributed by atoms with Crippen LogP contribution in [0.1, 0.15) is 40.0 Å². The predicted octanol–water partition coefficient (Wildman–Crippen LogP) is 1.88. The topological polar surface area (TPSA) is 24.5 Å². The van der Waals surface area contributed by atoms with Crippen molar-refractivity contribution in [3.63, 3.8) is 0 Å². The molecule has 0 aliphatic carbocycles. The van der Waals surface area contributed by atoms with Crippen LogP contribution >= 0.6 is 0 Å². The minimum absolute atomic E-state index is 0.291. The van der Waals surface area contributed by atoms with E-state index in [1.165, 1.54) is 32.4 Å². The summed E-state index contributed by atoms with van der Waals surface area (Å²) in [7, 11) is 1.78. The number of nitrogens with zero attached hydrogens (tertiary/aromatic N) is 1.